The number of nitrogens with one attached hydrogen (secondary N) is 2. The molecule has 4 N–H and O–H groups in total. The molecule has 2 aromatic heterocycles. The summed E-state index contributed by atoms with van der Waals surface area (Å²) < 4.78 is 0. The summed E-state index contributed by atoms with van der Waals surface area (Å²) in [6.07, 6.45) is 0. The number of aromatic nitrogens is 3. The Hall–Kier alpha value is -2.33. The second-order valence-corrected chi connectivity index (χ2v) is 5.00. The van der Waals surface area contributed by atoms with E-state index in [0.717, 1.165) is 10.7 Å². The average molecular weight is 295 g/mol. The number of hydrogen-bond acceptors (Lipinski definition) is 9. The summed E-state index contributed by atoms with van der Waals surface area (Å²) in [6.45, 7) is 3.76. The summed E-state index contributed by atoms with van der Waals surface area (Å²) in [5.41, 5.74) is 3.13. The van der Waals surface area contributed by atoms with E-state index in [-0.39, 0.29) is 23.1 Å². The van der Waals surface area contributed by atoms with Crippen LogP contribution in [0.4, 0.5) is 17.5 Å². The Morgan fingerprint density at radius 2 is 2.15 bits per heavy atom. The summed E-state index contributed by atoms with van der Waals surface area (Å²) in [6, 6.07) is 0. The van der Waals surface area contributed by atoms with Gasteiger partial charge in [0.15, 0.2) is 0 Å². The van der Waals surface area contributed by atoms with E-state index in [1.54, 1.807) is 0 Å². The third-order valence-electron chi connectivity index (χ3n) is 2.47. The van der Waals surface area contributed by atoms with E-state index in [9.17, 15) is 10.1 Å². The minimum atomic E-state index is -0.524. The maximum atomic E-state index is 11.1. The Bertz CT molecular complexity index is 643. The summed E-state index contributed by atoms with van der Waals surface area (Å²) in [4.78, 5) is 22.7. The molecule has 0 aliphatic heterocycles. The number of nitrogens with two attached hydrogens (primary N) is 1. The van der Waals surface area contributed by atoms with Crippen LogP contribution in [0.25, 0.3) is 0 Å². The molecule has 0 fully saturated rings. The van der Waals surface area contributed by atoms with E-state index in [1.807, 2.05) is 12.3 Å². The highest BCUT2D eigenvalue weighted by Crippen LogP contribution is 2.26. The third-order valence-corrected chi connectivity index (χ3v) is 3.30. The van der Waals surface area contributed by atoms with Crippen molar-refractivity contribution < 1.29 is 4.92 Å². The van der Waals surface area contributed by atoms with E-state index < -0.39 is 4.92 Å². The molecular weight excluding hydrogens is 282 g/mol. The standard InChI is InChI=1S/C10H13N7O2S/c1-5-8(17(18)19)9(15-10(13-5)16-11)12-3-7-4-20-6(2)14-7/h4H,3,11H2,1-2H3,(H2,12,13,15,16). The predicted molar refractivity (Wildman–Crippen MR) is 75.4 cm³/mol. The van der Waals surface area contributed by atoms with Crippen LogP contribution in [-0.2, 0) is 6.54 Å². The zero-order valence-electron chi connectivity index (χ0n) is 10.9. The molecule has 106 valence electrons. The van der Waals surface area contributed by atoms with Gasteiger partial charge in [-0.3, -0.25) is 15.5 Å². The van der Waals surface area contributed by atoms with E-state index in [1.165, 1.54) is 18.3 Å². The normalized spacial score (nSPS) is 10.3. The van der Waals surface area contributed by atoms with Crippen molar-refractivity contribution in [3.8, 4) is 0 Å². The minimum Gasteiger partial charge on any atom is -0.358 e. The molecule has 0 amide bonds. The number of aryl methyl sites for hydroxylation is 2. The lowest BCUT2D eigenvalue weighted by molar-refractivity contribution is -0.385. The molecule has 9 nitrogen and oxygen atoms in total. The van der Waals surface area contributed by atoms with Gasteiger partial charge in [-0.25, -0.2) is 15.8 Å². The second-order valence-electron chi connectivity index (χ2n) is 3.94. The van der Waals surface area contributed by atoms with E-state index in [0.29, 0.717) is 6.54 Å². The number of nitrogens with zero attached hydrogens (tertiary/aromatic N) is 4. The molecule has 0 saturated carbocycles. The molecule has 2 heterocycles. The molecule has 0 unspecified atom stereocenters. The largest absolute Gasteiger partial charge is 0.358 e. The first-order valence-corrected chi connectivity index (χ1v) is 6.53. The van der Waals surface area contributed by atoms with Crippen LogP contribution in [0, 0.1) is 24.0 Å². The van der Waals surface area contributed by atoms with Crippen molar-refractivity contribution in [2.24, 2.45) is 5.84 Å². The van der Waals surface area contributed by atoms with E-state index in [2.05, 4.69) is 25.7 Å². The van der Waals surface area contributed by atoms with Crippen molar-refractivity contribution in [2.45, 2.75) is 20.4 Å². The van der Waals surface area contributed by atoms with Gasteiger partial charge in [-0.1, -0.05) is 0 Å². The maximum absolute atomic E-state index is 11.1. The maximum Gasteiger partial charge on any atom is 0.332 e. The fourth-order valence-electron chi connectivity index (χ4n) is 1.64. The van der Waals surface area contributed by atoms with Gasteiger partial charge in [0, 0.05) is 5.38 Å². The molecule has 0 atom stereocenters. The fourth-order valence-corrected chi connectivity index (χ4v) is 2.25. The van der Waals surface area contributed by atoms with Crippen molar-refractivity contribution >= 4 is 28.8 Å². The van der Waals surface area contributed by atoms with Gasteiger partial charge in [-0.15, -0.1) is 11.3 Å². The lowest BCUT2D eigenvalue weighted by Crippen LogP contribution is -2.14. The van der Waals surface area contributed by atoms with Gasteiger partial charge in [0.1, 0.15) is 5.69 Å². The number of hydrazine groups is 1. The van der Waals surface area contributed by atoms with Gasteiger partial charge in [0.2, 0.25) is 11.8 Å². The Balaban J connectivity index is 2.28. The summed E-state index contributed by atoms with van der Waals surface area (Å²) in [7, 11) is 0. The number of anilines is 2. The van der Waals surface area contributed by atoms with Crippen LogP contribution in [0.5, 0.6) is 0 Å². The Kier molecular flexibility index (Phi) is 4.05. The van der Waals surface area contributed by atoms with Crippen molar-refractivity contribution in [3.63, 3.8) is 0 Å². The van der Waals surface area contributed by atoms with Crippen LogP contribution in [0.1, 0.15) is 16.4 Å². The molecule has 0 aromatic carbocycles. The molecule has 20 heavy (non-hydrogen) atoms. The Labute approximate surface area is 118 Å². The van der Waals surface area contributed by atoms with E-state index >= 15 is 0 Å². The highest BCUT2D eigenvalue weighted by atomic mass is 32.1. The van der Waals surface area contributed by atoms with E-state index in [4.69, 9.17) is 5.84 Å². The number of nitro groups is 1. The molecule has 0 aliphatic carbocycles. The van der Waals surface area contributed by atoms with Crippen LogP contribution < -0.4 is 16.6 Å². The molecule has 10 heteroatoms. The Morgan fingerprint density at radius 1 is 1.40 bits per heavy atom. The van der Waals surface area contributed by atoms with Crippen molar-refractivity contribution in [1.29, 1.82) is 0 Å². The number of hydrogen-bond donors (Lipinski definition) is 3. The number of rotatable bonds is 5. The second kappa shape index (κ2) is 5.75. The SMILES string of the molecule is Cc1nc(CNc2nc(NN)nc(C)c2[N+](=O)[O-])cs1. The van der Waals surface area contributed by atoms with Crippen molar-refractivity contribution in [3.05, 3.63) is 31.9 Å². The van der Waals surface area contributed by atoms with Crippen LogP contribution in [0.2, 0.25) is 0 Å². The molecule has 0 radical (unpaired) electrons. The van der Waals surface area contributed by atoms with Gasteiger partial charge in [0.05, 0.1) is 22.2 Å². The topological polar surface area (TPSA) is 132 Å². The highest BCUT2D eigenvalue weighted by molar-refractivity contribution is 7.09. The monoisotopic (exact) mass is 295 g/mol. The average Bonchev–Trinajstić information content (AvgIpc) is 2.81. The lowest BCUT2D eigenvalue weighted by atomic mass is 10.3. The third kappa shape index (κ3) is 2.97. The van der Waals surface area contributed by atoms with Gasteiger partial charge < -0.3 is 5.32 Å². The zero-order valence-corrected chi connectivity index (χ0v) is 11.7. The first kappa shape index (κ1) is 14.1. The lowest BCUT2D eigenvalue weighted by Gasteiger charge is -2.08. The molecule has 0 bridgehead atoms. The quantitative estimate of drug-likeness (QED) is 0.428. The summed E-state index contributed by atoms with van der Waals surface area (Å²) in [5, 5.41) is 16.8. The summed E-state index contributed by atoms with van der Waals surface area (Å²) in [5.74, 6) is 5.47. The summed E-state index contributed by atoms with van der Waals surface area (Å²) >= 11 is 1.51. The molecule has 0 aliphatic rings. The number of thiazole rings is 1. The number of nitrogen functional groups attached to an aromatic ring is 1. The fraction of sp³-hybridized carbons (Fsp3) is 0.300. The zero-order chi connectivity index (χ0) is 14.7. The van der Waals surface area contributed by atoms with Crippen LogP contribution in [-0.4, -0.2) is 19.9 Å². The molecule has 0 saturated heterocycles. The smallest absolute Gasteiger partial charge is 0.332 e. The first-order chi connectivity index (χ1) is 9.51. The van der Waals surface area contributed by atoms with Gasteiger partial charge >= 0.3 is 5.69 Å². The minimum absolute atomic E-state index is 0.112. The van der Waals surface area contributed by atoms with Crippen molar-refractivity contribution in [2.75, 3.05) is 10.7 Å². The molecule has 0 spiro atoms. The molecule has 2 aromatic rings. The predicted octanol–water partition coefficient (Wildman–Crippen LogP) is 1.36. The van der Waals surface area contributed by atoms with Crippen LogP contribution in [0.3, 0.4) is 0 Å². The van der Waals surface area contributed by atoms with Gasteiger partial charge in [-0.2, -0.15) is 4.98 Å². The molecular formula is C10H13N7O2S. The first-order valence-electron chi connectivity index (χ1n) is 5.65. The van der Waals surface area contributed by atoms with Crippen molar-refractivity contribution in [1.82, 2.24) is 15.0 Å². The van der Waals surface area contributed by atoms with Gasteiger partial charge in [-0.05, 0) is 13.8 Å². The highest BCUT2D eigenvalue weighted by Gasteiger charge is 2.21. The van der Waals surface area contributed by atoms with Gasteiger partial charge in [0.25, 0.3) is 0 Å². The Morgan fingerprint density at radius 3 is 2.70 bits per heavy atom. The van der Waals surface area contributed by atoms with Crippen LogP contribution >= 0.6 is 11.3 Å². The van der Waals surface area contributed by atoms with Crippen LogP contribution in [0.15, 0.2) is 5.38 Å². The molecule has 2 rings (SSSR count).